The Kier molecular flexibility index (Phi) is 4.74. The van der Waals surface area contributed by atoms with Gasteiger partial charge in [0.25, 0.3) is 5.91 Å². The van der Waals surface area contributed by atoms with Crippen LogP contribution in [0.25, 0.3) is 0 Å². The number of likely N-dealkylation sites (N-methyl/N-ethyl adjacent to an activating group) is 1. The summed E-state index contributed by atoms with van der Waals surface area (Å²) in [6, 6.07) is 6.16. The SMILES string of the molecule is CNC(=O)[C@]1(c2cnccn2)CCCN1C(=O)Cc1ccccc1F. The van der Waals surface area contributed by atoms with Crippen LogP contribution in [0.1, 0.15) is 24.1 Å². The summed E-state index contributed by atoms with van der Waals surface area (Å²) in [5.74, 6) is -1.05. The molecule has 2 heterocycles. The predicted octanol–water partition coefficient (Wildman–Crippen LogP) is 1.42. The van der Waals surface area contributed by atoms with Crippen molar-refractivity contribution < 1.29 is 14.0 Å². The molecule has 1 N–H and O–H groups in total. The summed E-state index contributed by atoms with van der Waals surface area (Å²) in [5, 5.41) is 2.63. The summed E-state index contributed by atoms with van der Waals surface area (Å²) in [7, 11) is 1.53. The third-order valence-corrected chi connectivity index (χ3v) is 4.57. The molecule has 1 fully saturated rings. The standard InChI is InChI=1S/C18H19FN4O2/c1-20-17(25)18(15-12-21-8-9-22-15)7-4-10-23(18)16(24)11-13-5-2-3-6-14(13)19/h2-3,5-6,8-9,12H,4,7,10-11H2,1H3,(H,20,25)/t18-/m1/s1. The molecule has 3 rings (SSSR count). The number of nitrogens with one attached hydrogen (secondary N) is 1. The van der Waals surface area contributed by atoms with E-state index in [1.807, 2.05) is 0 Å². The molecule has 1 aromatic heterocycles. The first-order valence-corrected chi connectivity index (χ1v) is 8.12. The molecule has 2 aromatic rings. The van der Waals surface area contributed by atoms with Gasteiger partial charge in [-0.1, -0.05) is 18.2 Å². The maximum absolute atomic E-state index is 13.9. The van der Waals surface area contributed by atoms with Crippen LogP contribution < -0.4 is 5.32 Å². The Labute approximate surface area is 145 Å². The number of aromatic nitrogens is 2. The van der Waals surface area contributed by atoms with Crippen molar-refractivity contribution >= 4 is 11.8 Å². The Hall–Kier alpha value is -2.83. The monoisotopic (exact) mass is 342 g/mol. The van der Waals surface area contributed by atoms with Crippen LogP contribution >= 0.6 is 0 Å². The summed E-state index contributed by atoms with van der Waals surface area (Å²) in [6.07, 6.45) is 5.52. The minimum atomic E-state index is -1.20. The largest absolute Gasteiger partial charge is 0.357 e. The van der Waals surface area contributed by atoms with Crippen LogP contribution in [0, 0.1) is 5.82 Å². The van der Waals surface area contributed by atoms with Gasteiger partial charge in [-0.05, 0) is 24.5 Å². The fourth-order valence-corrected chi connectivity index (χ4v) is 3.39. The van der Waals surface area contributed by atoms with E-state index in [2.05, 4.69) is 15.3 Å². The van der Waals surface area contributed by atoms with Crippen molar-refractivity contribution in [3.63, 3.8) is 0 Å². The second-order valence-corrected chi connectivity index (χ2v) is 5.95. The number of hydrogen-bond acceptors (Lipinski definition) is 4. The van der Waals surface area contributed by atoms with Crippen molar-refractivity contribution in [3.8, 4) is 0 Å². The van der Waals surface area contributed by atoms with Crippen molar-refractivity contribution in [1.82, 2.24) is 20.2 Å². The smallest absolute Gasteiger partial charge is 0.252 e. The van der Waals surface area contributed by atoms with Crippen molar-refractivity contribution in [2.75, 3.05) is 13.6 Å². The van der Waals surface area contributed by atoms with Gasteiger partial charge in [-0.2, -0.15) is 0 Å². The minimum absolute atomic E-state index is 0.105. The van der Waals surface area contributed by atoms with Gasteiger partial charge in [-0.15, -0.1) is 0 Å². The molecule has 0 spiro atoms. The number of benzene rings is 1. The number of hydrogen-bond donors (Lipinski definition) is 1. The quantitative estimate of drug-likeness (QED) is 0.912. The molecule has 0 saturated carbocycles. The summed E-state index contributed by atoms with van der Waals surface area (Å²) in [4.78, 5) is 35.4. The number of nitrogens with zero attached hydrogens (tertiary/aromatic N) is 3. The first kappa shape index (κ1) is 17.0. The predicted molar refractivity (Wildman–Crippen MR) is 88.8 cm³/mol. The zero-order chi connectivity index (χ0) is 17.9. The third-order valence-electron chi connectivity index (χ3n) is 4.57. The molecule has 1 aliphatic heterocycles. The zero-order valence-corrected chi connectivity index (χ0v) is 13.9. The van der Waals surface area contributed by atoms with E-state index in [4.69, 9.17) is 0 Å². The van der Waals surface area contributed by atoms with Crippen LogP contribution in [0.4, 0.5) is 4.39 Å². The van der Waals surface area contributed by atoms with E-state index in [0.717, 1.165) is 0 Å². The second-order valence-electron chi connectivity index (χ2n) is 5.95. The van der Waals surface area contributed by atoms with Gasteiger partial charge in [0.05, 0.1) is 18.3 Å². The highest BCUT2D eigenvalue weighted by Crippen LogP contribution is 2.38. The number of carbonyl (C=O) groups excluding carboxylic acids is 2. The Morgan fingerprint density at radius 3 is 2.80 bits per heavy atom. The van der Waals surface area contributed by atoms with Gasteiger partial charge >= 0.3 is 0 Å². The average Bonchev–Trinajstić information content (AvgIpc) is 3.10. The van der Waals surface area contributed by atoms with Gasteiger partial charge < -0.3 is 10.2 Å². The highest BCUT2D eigenvalue weighted by Gasteiger charge is 2.51. The van der Waals surface area contributed by atoms with Crippen molar-refractivity contribution in [1.29, 1.82) is 0 Å². The summed E-state index contributed by atoms with van der Waals surface area (Å²) in [5.41, 5.74) is -0.469. The lowest BCUT2D eigenvalue weighted by molar-refractivity contribution is -0.145. The van der Waals surface area contributed by atoms with Crippen LogP contribution in [-0.2, 0) is 21.5 Å². The Balaban J connectivity index is 1.97. The number of amides is 2. The molecular weight excluding hydrogens is 323 g/mol. The first-order valence-electron chi connectivity index (χ1n) is 8.12. The minimum Gasteiger partial charge on any atom is -0.357 e. The van der Waals surface area contributed by atoms with Crippen LogP contribution in [0.5, 0.6) is 0 Å². The first-order chi connectivity index (χ1) is 12.1. The van der Waals surface area contributed by atoms with Gasteiger partial charge in [0.2, 0.25) is 5.91 Å². The summed E-state index contributed by atoms with van der Waals surface area (Å²) >= 11 is 0. The Morgan fingerprint density at radius 2 is 2.12 bits per heavy atom. The maximum atomic E-state index is 13.9. The fourth-order valence-electron chi connectivity index (χ4n) is 3.39. The Bertz CT molecular complexity index is 784. The molecule has 1 atom stereocenters. The normalized spacial score (nSPS) is 19.7. The van der Waals surface area contributed by atoms with Gasteiger partial charge in [0.1, 0.15) is 5.82 Å². The van der Waals surface area contributed by atoms with E-state index in [9.17, 15) is 14.0 Å². The van der Waals surface area contributed by atoms with Gasteiger partial charge in [0, 0.05) is 26.0 Å². The van der Waals surface area contributed by atoms with E-state index in [1.165, 1.54) is 36.6 Å². The molecule has 0 bridgehead atoms. The Morgan fingerprint density at radius 1 is 1.32 bits per heavy atom. The van der Waals surface area contributed by atoms with E-state index >= 15 is 0 Å². The number of carbonyl (C=O) groups is 2. The topological polar surface area (TPSA) is 75.2 Å². The number of rotatable bonds is 4. The van der Waals surface area contributed by atoms with E-state index in [0.29, 0.717) is 30.6 Å². The van der Waals surface area contributed by atoms with Gasteiger partial charge in [-0.25, -0.2) is 4.39 Å². The van der Waals surface area contributed by atoms with E-state index < -0.39 is 11.4 Å². The molecule has 1 aliphatic rings. The van der Waals surface area contributed by atoms with Crippen LogP contribution in [0.15, 0.2) is 42.9 Å². The van der Waals surface area contributed by atoms with Crippen LogP contribution in [0.3, 0.4) is 0 Å². The molecule has 2 amide bonds. The summed E-state index contributed by atoms with van der Waals surface area (Å²) < 4.78 is 13.9. The number of halogens is 1. The molecule has 0 radical (unpaired) electrons. The van der Waals surface area contributed by atoms with E-state index in [1.54, 1.807) is 18.2 Å². The zero-order valence-electron chi connectivity index (χ0n) is 13.9. The molecule has 1 saturated heterocycles. The molecule has 0 unspecified atom stereocenters. The van der Waals surface area contributed by atoms with Gasteiger partial charge in [0.15, 0.2) is 5.54 Å². The highest BCUT2D eigenvalue weighted by molar-refractivity contribution is 5.93. The van der Waals surface area contributed by atoms with Crippen LogP contribution in [-0.4, -0.2) is 40.3 Å². The lowest BCUT2D eigenvalue weighted by atomic mass is 9.90. The molecule has 6 nitrogen and oxygen atoms in total. The van der Waals surface area contributed by atoms with Crippen molar-refractivity contribution in [2.45, 2.75) is 24.8 Å². The third kappa shape index (κ3) is 2.97. The lowest BCUT2D eigenvalue weighted by Gasteiger charge is -2.36. The van der Waals surface area contributed by atoms with Crippen LogP contribution in [0.2, 0.25) is 0 Å². The summed E-state index contributed by atoms with van der Waals surface area (Å²) in [6.45, 7) is 0.414. The van der Waals surface area contributed by atoms with Crippen molar-refractivity contribution in [3.05, 3.63) is 59.9 Å². The number of likely N-dealkylation sites (tertiary alicyclic amines) is 1. The van der Waals surface area contributed by atoms with Crippen molar-refractivity contribution in [2.24, 2.45) is 0 Å². The van der Waals surface area contributed by atoms with E-state index in [-0.39, 0.29) is 18.2 Å². The molecule has 130 valence electrons. The highest BCUT2D eigenvalue weighted by atomic mass is 19.1. The lowest BCUT2D eigenvalue weighted by Crippen LogP contribution is -2.55. The molecule has 1 aromatic carbocycles. The van der Waals surface area contributed by atoms with Gasteiger partial charge in [-0.3, -0.25) is 19.6 Å². The molecule has 0 aliphatic carbocycles. The molecule has 7 heteroatoms. The molecule has 25 heavy (non-hydrogen) atoms. The maximum Gasteiger partial charge on any atom is 0.252 e. The second kappa shape index (κ2) is 6.96. The fraction of sp³-hybridized carbons (Fsp3) is 0.333. The molecular formula is C18H19FN4O2. The average molecular weight is 342 g/mol.